The van der Waals surface area contributed by atoms with E-state index in [4.69, 9.17) is 4.74 Å². The van der Waals surface area contributed by atoms with E-state index in [1.54, 1.807) is 0 Å². The van der Waals surface area contributed by atoms with Crippen LogP contribution in [0.4, 0.5) is 5.69 Å². The van der Waals surface area contributed by atoms with Gasteiger partial charge in [0.1, 0.15) is 5.75 Å². The Morgan fingerprint density at radius 3 is 2.63 bits per heavy atom. The zero-order valence-corrected chi connectivity index (χ0v) is 21.1. The lowest BCUT2D eigenvalue weighted by Gasteiger charge is -2.37. The molecule has 2 aliphatic rings. The van der Waals surface area contributed by atoms with Crippen molar-refractivity contribution in [3.8, 4) is 5.75 Å². The number of anilines is 1. The third-order valence-electron chi connectivity index (χ3n) is 7.38. The average Bonchev–Trinajstić information content (AvgIpc) is 2.87. The minimum atomic E-state index is 0.0286. The van der Waals surface area contributed by atoms with Crippen LogP contribution >= 0.6 is 0 Å². The van der Waals surface area contributed by atoms with Gasteiger partial charge in [0.2, 0.25) is 0 Å². The van der Waals surface area contributed by atoms with Crippen molar-refractivity contribution in [2.45, 2.75) is 19.9 Å². The van der Waals surface area contributed by atoms with Crippen LogP contribution in [0.2, 0.25) is 0 Å². The van der Waals surface area contributed by atoms with Gasteiger partial charge in [0, 0.05) is 56.9 Å². The lowest BCUT2D eigenvalue weighted by Crippen LogP contribution is -2.50. The van der Waals surface area contributed by atoms with Crippen molar-refractivity contribution in [3.05, 3.63) is 71.3 Å². The molecular formula is C29H36N4O2. The fourth-order valence-electron chi connectivity index (χ4n) is 5.36. The van der Waals surface area contributed by atoms with E-state index >= 15 is 0 Å². The molecule has 6 nitrogen and oxygen atoms in total. The van der Waals surface area contributed by atoms with Crippen LogP contribution in [0, 0.1) is 13.8 Å². The first-order chi connectivity index (χ1) is 17.0. The number of nitrogens with zero attached hydrogens (tertiary/aromatic N) is 3. The van der Waals surface area contributed by atoms with Gasteiger partial charge >= 0.3 is 0 Å². The van der Waals surface area contributed by atoms with Gasteiger partial charge in [-0.1, -0.05) is 42.0 Å². The molecule has 35 heavy (non-hydrogen) atoms. The van der Waals surface area contributed by atoms with Crippen molar-refractivity contribution in [2.24, 2.45) is 0 Å². The summed E-state index contributed by atoms with van der Waals surface area (Å²) in [6.07, 6.45) is 0. The van der Waals surface area contributed by atoms with Gasteiger partial charge < -0.3 is 24.8 Å². The zero-order chi connectivity index (χ0) is 24.4. The van der Waals surface area contributed by atoms with Crippen LogP contribution < -0.4 is 15.0 Å². The first-order valence-corrected chi connectivity index (χ1v) is 12.7. The summed E-state index contributed by atoms with van der Waals surface area (Å²) < 4.78 is 6.08. The van der Waals surface area contributed by atoms with Crippen molar-refractivity contribution in [2.75, 3.05) is 64.4 Å². The van der Waals surface area contributed by atoms with Gasteiger partial charge in [-0.2, -0.15) is 0 Å². The minimum Gasteiger partial charge on any atom is -0.484 e. The Hall–Kier alpha value is -3.09. The maximum atomic E-state index is 13.3. The largest absolute Gasteiger partial charge is 0.484 e. The molecule has 0 radical (unpaired) electrons. The molecule has 0 bridgehead atoms. The van der Waals surface area contributed by atoms with Crippen LogP contribution in [0.3, 0.4) is 0 Å². The highest BCUT2D eigenvalue weighted by atomic mass is 16.5. The van der Waals surface area contributed by atoms with E-state index in [0.717, 1.165) is 45.0 Å². The van der Waals surface area contributed by atoms with Crippen molar-refractivity contribution in [1.29, 1.82) is 0 Å². The fraction of sp³-hybridized carbons (Fsp3) is 0.414. The van der Waals surface area contributed by atoms with E-state index in [0.29, 0.717) is 6.54 Å². The van der Waals surface area contributed by atoms with Gasteiger partial charge in [0.15, 0.2) is 6.61 Å². The van der Waals surface area contributed by atoms with E-state index in [1.165, 1.54) is 33.2 Å². The Balaban J connectivity index is 1.32. The number of hydrogen-bond acceptors (Lipinski definition) is 5. The number of amides is 1. The standard InChI is InChI=1S/C29H36N4O2/c1-21-7-10-25(22(2)17-21)28-19-30-11-12-33(28)29(34)20-35-24-9-8-23-5-4-6-27(26(23)18-24)32-15-13-31(3)14-16-32/h4-10,17-18,28,30H,11-16,19-20H2,1-3H3. The van der Waals surface area contributed by atoms with Crippen molar-refractivity contribution >= 4 is 22.4 Å². The van der Waals surface area contributed by atoms with Gasteiger partial charge in [-0.05, 0) is 55.6 Å². The van der Waals surface area contributed by atoms with Gasteiger partial charge in [-0.3, -0.25) is 4.79 Å². The molecule has 0 aliphatic carbocycles. The van der Waals surface area contributed by atoms with Crippen LogP contribution in [-0.4, -0.2) is 75.2 Å². The molecule has 1 unspecified atom stereocenters. The normalized spacial score (nSPS) is 19.2. The summed E-state index contributed by atoms with van der Waals surface area (Å²) in [7, 11) is 2.17. The third-order valence-corrected chi connectivity index (χ3v) is 7.38. The summed E-state index contributed by atoms with van der Waals surface area (Å²) in [6.45, 7) is 10.7. The predicted octanol–water partition coefficient (Wildman–Crippen LogP) is 3.76. The molecule has 6 heteroatoms. The summed E-state index contributed by atoms with van der Waals surface area (Å²) in [4.78, 5) is 20.1. The number of benzene rings is 3. The molecular weight excluding hydrogens is 436 g/mol. The molecule has 2 saturated heterocycles. The number of piperazine rings is 2. The Morgan fingerprint density at radius 2 is 1.83 bits per heavy atom. The molecule has 1 N–H and O–H groups in total. The summed E-state index contributed by atoms with van der Waals surface area (Å²) in [5, 5.41) is 5.82. The molecule has 1 amide bonds. The molecule has 3 aromatic carbocycles. The number of hydrogen-bond donors (Lipinski definition) is 1. The lowest BCUT2D eigenvalue weighted by molar-refractivity contribution is -0.136. The molecule has 2 aliphatic heterocycles. The van der Waals surface area contributed by atoms with E-state index in [1.807, 2.05) is 11.0 Å². The van der Waals surface area contributed by atoms with E-state index < -0.39 is 0 Å². The summed E-state index contributed by atoms with van der Waals surface area (Å²) in [6, 6.07) is 19.1. The summed E-state index contributed by atoms with van der Waals surface area (Å²) in [5.74, 6) is 0.773. The molecule has 2 fully saturated rings. The van der Waals surface area contributed by atoms with E-state index in [2.05, 4.69) is 84.5 Å². The van der Waals surface area contributed by atoms with Gasteiger partial charge in [-0.15, -0.1) is 0 Å². The molecule has 1 atom stereocenters. The summed E-state index contributed by atoms with van der Waals surface area (Å²) in [5.41, 5.74) is 4.91. The first-order valence-electron chi connectivity index (χ1n) is 12.7. The first kappa shape index (κ1) is 23.6. The smallest absolute Gasteiger partial charge is 0.261 e. The predicted molar refractivity (Wildman–Crippen MR) is 142 cm³/mol. The number of fused-ring (bicyclic) bond motifs is 1. The monoisotopic (exact) mass is 472 g/mol. The van der Waals surface area contributed by atoms with Gasteiger partial charge in [0.05, 0.1) is 6.04 Å². The Labute approximate surface area is 208 Å². The highest BCUT2D eigenvalue weighted by Crippen LogP contribution is 2.31. The number of aryl methyl sites for hydroxylation is 2. The lowest BCUT2D eigenvalue weighted by atomic mass is 9.96. The van der Waals surface area contributed by atoms with Crippen molar-refractivity contribution in [3.63, 3.8) is 0 Å². The summed E-state index contributed by atoms with van der Waals surface area (Å²) >= 11 is 0. The van der Waals surface area contributed by atoms with Crippen LogP contribution in [0.15, 0.2) is 54.6 Å². The highest BCUT2D eigenvalue weighted by molar-refractivity contribution is 5.95. The molecule has 184 valence electrons. The van der Waals surface area contributed by atoms with E-state index in [9.17, 15) is 4.79 Å². The van der Waals surface area contributed by atoms with Crippen LogP contribution in [0.5, 0.6) is 5.75 Å². The molecule has 0 saturated carbocycles. The van der Waals surface area contributed by atoms with Crippen molar-refractivity contribution < 1.29 is 9.53 Å². The third kappa shape index (κ3) is 5.14. The Bertz CT molecular complexity index is 1200. The van der Waals surface area contributed by atoms with Gasteiger partial charge in [-0.25, -0.2) is 0 Å². The highest BCUT2D eigenvalue weighted by Gasteiger charge is 2.29. The number of nitrogens with one attached hydrogen (secondary N) is 1. The topological polar surface area (TPSA) is 48.1 Å². The molecule has 2 heterocycles. The second kappa shape index (κ2) is 10.3. The average molecular weight is 473 g/mol. The number of carbonyl (C=O) groups is 1. The molecule has 5 rings (SSSR count). The second-order valence-electron chi connectivity index (χ2n) is 9.91. The molecule has 0 aromatic heterocycles. The SMILES string of the molecule is Cc1ccc(C2CNCCN2C(=O)COc2ccc3cccc(N4CCN(C)CC4)c3c2)c(C)c1. The number of carbonyl (C=O) groups excluding carboxylic acids is 1. The minimum absolute atomic E-state index is 0.0286. The molecule has 3 aromatic rings. The number of ether oxygens (including phenoxy) is 1. The maximum Gasteiger partial charge on any atom is 0.261 e. The van der Waals surface area contributed by atoms with Gasteiger partial charge in [0.25, 0.3) is 5.91 Å². The maximum absolute atomic E-state index is 13.3. The van der Waals surface area contributed by atoms with Crippen LogP contribution in [0.1, 0.15) is 22.7 Å². The second-order valence-corrected chi connectivity index (χ2v) is 9.91. The van der Waals surface area contributed by atoms with E-state index in [-0.39, 0.29) is 18.6 Å². The van der Waals surface area contributed by atoms with Crippen LogP contribution in [-0.2, 0) is 4.79 Å². The zero-order valence-electron chi connectivity index (χ0n) is 21.1. The fourth-order valence-corrected chi connectivity index (χ4v) is 5.36. The van der Waals surface area contributed by atoms with Crippen LogP contribution in [0.25, 0.3) is 10.8 Å². The Kier molecular flexibility index (Phi) is 6.93. The Morgan fingerprint density at radius 1 is 1.00 bits per heavy atom. The number of rotatable bonds is 5. The molecule has 0 spiro atoms. The van der Waals surface area contributed by atoms with Crippen molar-refractivity contribution in [1.82, 2.24) is 15.1 Å². The quantitative estimate of drug-likeness (QED) is 0.613. The number of likely N-dealkylation sites (N-methyl/N-ethyl adjacent to an activating group) is 1.